The number of benzene rings is 2. The molecule has 2 aromatic carbocycles. The average molecular weight is 380 g/mol. The number of aryl methyl sites for hydroxylation is 1. The molecule has 0 fully saturated rings. The lowest BCUT2D eigenvalue weighted by Crippen LogP contribution is -2.32. The quantitative estimate of drug-likeness (QED) is 0.744. The number of hydrogen-bond donors (Lipinski definition) is 1. The fourth-order valence-electron chi connectivity index (χ4n) is 2.99. The smallest absolute Gasteiger partial charge is 0.261 e. The molecular formula is C22H24N2O4. The van der Waals surface area contributed by atoms with E-state index in [4.69, 9.17) is 4.74 Å². The minimum atomic E-state index is -0.353. The van der Waals surface area contributed by atoms with Crippen molar-refractivity contribution in [1.82, 2.24) is 4.90 Å². The summed E-state index contributed by atoms with van der Waals surface area (Å²) in [5.41, 5.74) is 2.28. The van der Waals surface area contributed by atoms with Gasteiger partial charge in [-0.15, -0.1) is 0 Å². The van der Waals surface area contributed by atoms with Gasteiger partial charge in [-0.1, -0.05) is 37.6 Å². The lowest BCUT2D eigenvalue weighted by Gasteiger charge is -2.15. The Morgan fingerprint density at radius 1 is 1.07 bits per heavy atom. The van der Waals surface area contributed by atoms with Crippen LogP contribution in [0.1, 0.15) is 46.5 Å². The van der Waals surface area contributed by atoms with Gasteiger partial charge in [0, 0.05) is 13.0 Å². The van der Waals surface area contributed by atoms with Gasteiger partial charge in [-0.05, 0) is 37.1 Å². The molecule has 28 heavy (non-hydrogen) atoms. The van der Waals surface area contributed by atoms with E-state index < -0.39 is 0 Å². The Balaban J connectivity index is 1.61. The molecule has 1 heterocycles. The zero-order chi connectivity index (χ0) is 20.3. The Kier molecular flexibility index (Phi) is 5.78. The lowest BCUT2D eigenvalue weighted by molar-refractivity contribution is -0.116. The van der Waals surface area contributed by atoms with E-state index in [1.54, 1.807) is 30.3 Å². The molecule has 0 aliphatic carbocycles. The third-order valence-corrected chi connectivity index (χ3v) is 4.42. The van der Waals surface area contributed by atoms with Crippen molar-refractivity contribution >= 4 is 23.4 Å². The van der Waals surface area contributed by atoms with Crippen LogP contribution in [0, 0.1) is 12.8 Å². The number of nitrogens with one attached hydrogen (secondary N) is 1. The van der Waals surface area contributed by atoms with Crippen LogP contribution in [0.2, 0.25) is 0 Å². The molecule has 0 atom stereocenters. The van der Waals surface area contributed by atoms with Gasteiger partial charge in [-0.25, -0.2) is 0 Å². The number of amides is 3. The van der Waals surface area contributed by atoms with Gasteiger partial charge in [-0.3, -0.25) is 19.3 Å². The van der Waals surface area contributed by atoms with Crippen LogP contribution >= 0.6 is 0 Å². The fraction of sp³-hybridized carbons (Fsp3) is 0.318. The van der Waals surface area contributed by atoms with E-state index in [1.165, 1.54) is 0 Å². The average Bonchev–Trinajstić information content (AvgIpc) is 2.89. The number of carbonyl (C=O) groups is 3. The van der Waals surface area contributed by atoms with Crippen molar-refractivity contribution in [3.8, 4) is 5.75 Å². The van der Waals surface area contributed by atoms with Crippen LogP contribution in [0.5, 0.6) is 5.75 Å². The summed E-state index contributed by atoms with van der Waals surface area (Å²) < 4.78 is 5.73. The summed E-state index contributed by atoms with van der Waals surface area (Å²) >= 11 is 0. The van der Waals surface area contributed by atoms with Gasteiger partial charge in [0.05, 0.1) is 23.4 Å². The maximum atomic E-state index is 12.5. The number of fused-ring (bicyclic) bond motifs is 1. The minimum Gasteiger partial charge on any atom is -0.491 e. The first-order valence-corrected chi connectivity index (χ1v) is 9.35. The van der Waals surface area contributed by atoms with E-state index in [0.29, 0.717) is 35.1 Å². The highest BCUT2D eigenvalue weighted by Gasteiger charge is 2.35. The largest absolute Gasteiger partial charge is 0.491 e. The van der Waals surface area contributed by atoms with E-state index in [9.17, 15) is 14.4 Å². The zero-order valence-electron chi connectivity index (χ0n) is 16.3. The molecule has 0 saturated heterocycles. The van der Waals surface area contributed by atoms with Crippen molar-refractivity contribution in [2.75, 3.05) is 18.5 Å². The monoisotopic (exact) mass is 380 g/mol. The summed E-state index contributed by atoms with van der Waals surface area (Å²) in [6.45, 7) is 6.54. The van der Waals surface area contributed by atoms with E-state index >= 15 is 0 Å². The van der Waals surface area contributed by atoms with Crippen molar-refractivity contribution in [3.63, 3.8) is 0 Å². The molecule has 0 aromatic heterocycles. The predicted octanol–water partition coefficient (Wildman–Crippen LogP) is 3.65. The Labute approximate surface area is 164 Å². The van der Waals surface area contributed by atoms with Crippen LogP contribution in [0.15, 0.2) is 42.5 Å². The van der Waals surface area contributed by atoms with Crippen molar-refractivity contribution in [3.05, 3.63) is 59.2 Å². The zero-order valence-corrected chi connectivity index (χ0v) is 16.3. The molecule has 0 bridgehead atoms. The second kappa shape index (κ2) is 8.25. The molecule has 0 saturated carbocycles. The van der Waals surface area contributed by atoms with Crippen molar-refractivity contribution < 1.29 is 19.1 Å². The number of hydrogen-bond acceptors (Lipinski definition) is 4. The summed E-state index contributed by atoms with van der Waals surface area (Å²) in [6.07, 6.45) is 0.0168. The molecular weight excluding hydrogens is 356 g/mol. The van der Waals surface area contributed by atoms with Gasteiger partial charge in [0.15, 0.2) is 0 Å². The third-order valence-electron chi connectivity index (χ3n) is 4.42. The number of ether oxygens (including phenoxy) is 1. The van der Waals surface area contributed by atoms with Crippen LogP contribution < -0.4 is 10.1 Å². The molecule has 6 nitrogen and oxygen atoms in total. The van der Waals surface area contributed by atoms with Crippen molar-refractivity contribution in [1.29, 1.82) is 0 Å². The third kappa shape index (κ3) is 4.22. The highest BCUT2D eigenvalue weighted by molar-refractivity contribution is 6.21. The van der Waals surface area contributed by atoms with Gasteiger partial charge < -0.3 is 10.1 Å². The normalized spacial score (nSPS) is 13.1. The highest BCUT2D eigenvalue weighted by Crippen LogP contribution is 2.26. The summed E-state index contributed by atoms with van der Waals surface area (Å²) in [4.78, 5) is 38.4. The second-order valence-corrected chi connectivity index (χ2v) is 7.31. The predicted molar refractivity (Wildman–Crippen MR) is 107 cm³/mol. The van der Waals surface area contributed by atoms with Crippen molar-refractivity contribution in [2.24, 2.45) is 5.92 Å². The Hall–Kier alpha value is -3.15. The summed E-state index contributed by atoms with van der Waals surface area (Å²) in [7, 11) is 0. The van der Waals surface area contributed by atoms with Gasteiger partial charge in [-0.2, -0.15) is 0 Å². The van der Waals surface area contributed by atoms with Crippen molar-refractivity contribution in [2.45, 2.75) is 27.2 Å². The lowest BCUT2D eigenvalue weighted by atomic mass is 10.1. The highest BCUT2D eigenvalue weighted by atomic mass is 16.5. The minimum absolute atomic E-state index is 0.0168. The molecule has 3 amide bonds. The van der Waals surface area contributed by atoms with Crippen LogP contribution in [0.4, 0.5) is 5.69 Å². The molecule has 1 N–H and O–H groups in total. The number of anilines is 1. The summed E-state index contributed by atoms with van der Waals surface area (Å²) in [6, 6.07) is 12.4. The maximum Gasteiger partial charge on any atom is 0.261 e. The number of rotatable bonds is 7. The number of para-hydroxylation sites is 2. The van der Waals surface area contributed by atoms with Crippen LogP contribution in [-0.4, -0.2) is 35.8 Å². The number of nitrogens with zero attached hydrogens (tertiary/aromatic N) is 1. The van der Waals surface area contributed by atoms with E-state index in [2.05, 4.69) is 5.32 Å². The standard InChI is InChI=1S/C22H24N2O4/c1-14(2)13-28-19-7-5-4-6-18(19)23-20(25)10-11-24-21(26)16-9-8-15(3)12-17(16)22(24)27/h4-9,12,14H,10-11,13H2,1-3H3,(H,23,25). The van der Waals surface area contributed by atoms with Crippen LogP contribution in [0.3, 0.4) is 0 Å². The van der Waals surface area contributed by atoms with E-state index in [1.807, 2.05) is 32.9 Å². The fourth-order valence-corrected chi connectivity index (χ4v) is 2.99. The van der Waals surface area contributed by atoms with Gasteiger partial charge in [0.2, 0.25) is 5.91 Å². The second-order valence-electron chi connectivity index (χ2n) is 7.31. The first-order valence-electron chi connectivity index (χ1n) is 9.35. The maximum absolute atomic E-state index is 12.5. The Morgan fingerprint density at radius 3 is 2.54 bits per heavy atom. The summed E-state index contributed by atoms with van der Waals surface area (Å²) in [5.74, 6) is -0.0269. The molecule has 3 rings (SSSR count). The van der Waals surface area contributed by atoms with Gasteiger partial charge in [0.1, 0.15) is 5.75 Å². The Morgan fingerprint density at radius 2 is 1.79 bits per heavy atom. The molecule has 0 spiro atoms. The first-order chi connectivity index (χ1) is 13.4. The molecule has 0 unspecified atom stereocenters. The van der Waals surface area contributed by atoms with Gasteiger partial charge >= 0.3 is 0 Å². The number of imide groups is 1. The molecule has 146 valence electrons. The topological polar surface area (TPSA) is 75.7 Å². The molecule has 0 radical (unpaired) electrons. The van der Waals surface area contributed by atoms with E-state index in [-0.39, 0.29) is 30.7 Å². The summed E-state index contributed by atoms with van der Waals surface area (Å²) in [5, 5.41) is 2.80. The Bertz CT molecular complexity index is 921. The SMILES string of the molecule is Cc1ccc2c(c1)C(=O)N(CCC(=O)Nc1ccccc1OCC(C)C)C2=O. The number of carbonyl (C=O) groups excluding carboxylic acids is 3. The van der Waals surface area contributed by atoms with Crippen LogP contribution in [-0.2, 0) is 4.79 Å². The van der Waals surface area contributed by atoms with Gasteiger partial charge in [0.25, 0.3) is 11.8 Å². The van der Waals surface area contributed by atoms with E-state index in [0.717, 1.165) is 10.5 Å². The first kappa shape index (κ1) is 19.6. The molecule has 1 aliphatic rings. The molecule has 6 heteroatoms. The molecule has 2 aromatic rings. The molecule has 1 aliphatic heterocycles. The van der Waals surface area contributed by atoms with Crippen LogP contribution in [0.25, 0.3) is 0 Å².